The van der Waals surface area contributed by atoms with Gasteiger partial charge in [0.15, 0.2) is 0 Å². The average Bonchev–Trinajstić information content (AvgIpc) is 3.10. The van der Waals surface area contributed by atoms with Crippen molar-refractivity contribution in [3.05, 3.63) is 89.2 Å². The van der Waals surface area contributed by atoms with Crippen LogP contribution in [0.1, 0.15) is 23.5 Å². The van der Waals surface area contributed by atoms with Crippen molar-refractivity contribution < 1.29 is 19.0 Å². The SMILES string of the molecule is COC1=CC(c2ccc(OC)cc2)C/C1=C\C(=O)OCc1ccccc1. The molecule has 134 valence electrons. The molecular weight excluding hydrogens is 328 g/mol. The lowest BCUT2D eigenvalue weighted by Crippen LogP contribution is -2.03. The van der Waals surface area contributed by atoms with Gasteiger partial charge in [0.05, 0.1) is 14.2 Å². The fourth-order valence-corrected chi connectivity index (χ4v) is 2.99. The molecule has 26 heavy (non-hydrogen) atoms. The summed E-state index contributed by atoms with van der Waals surface area (Å²) in [6.45, 7) is 0.261. The van der Waals surface area contributed by atoms with Crippen molar-refractivity contribution in [2.75, 3.05) is 14.2 Å². The zero-order chi connectivity index (χ0) is 18.4. The molecule has 4 nitrogen and oxygen atoms in total. The maximum atomic E-state index is 12.2. The fourth-order valence-electron chi connectivity index (χ4n) is 2.99. The molecule has 0 radical (unpaired) electrons. The monoisotopic (exact) mass is 350 g/mol. The van der Waals surface area contributed by atoms with Crippen molar-refractivity contribution in [2.24, 2.45) is 0 Å². The Morgan fingerprint density at radius 2 is 1.77 bits per heavy atom. The van der Waals surface area contributed by atoms with E-state index in [0.29, 0.717) is 6.42 Å². The van der Waals surface area contributed by atoms with Crippen LogP contribution in [0.15, 0.2) is 78.1 Å². The van der Waals surface area contributed by atoms with Gasteiger partial charge in [0.25, 0.3) is 0 Å². The number of allylic oxidation sites excluding steroid dienone is 2. The molecule has 0 aliphatic heterocycles. The molecule has 1 atom stereocenters. The van der Waals surface area contributed by atoms with E-state index in [9.17, 15) is 4.79 Å². The van der Waals surface area contributed by atoms with E-state index in [4.69, 9.17) is 14.2 Å². The molecule has 0 aromatic heterocycles. The van der Waals surface area contributed by atoms with E-state index in [2.05, 4.69) is 0 Å². The number of esters is 1. The van der Waals surface area contributed by atoms with E-state index in [-0.39, 0.29) is 18.5 Å². The van der Waals surface area contributed by atoms with Crippen molar-refractivity contribution in [1.29, 1.82) is 0 Å². The van der Waals surface area contributed by atoms with Crippen LogP contribution in [0.2, 0.25) is 0 Å². The topological polar surface area (TPSA) is 44.8 Å². The first-order valence-corrected chi connectivity index (χ1v) is 8.51. The zero-order valence-electron chi connectivity index (χ0n) is 15.0. The molecule has 4 heteroatoms. The maximum absolute atomic E-state index is 12.2. The van der Waals surface area contributed by atoms with Gasteiger partial charge in [-0.2, -0.15) is 0 Å². The molecule has 0 amide bonds. The van der Waals surface area contributed by atoms with Gasteiger partial charge in [-0.15, -0.1) is 0 Å². The van der Waals surface area contributed by atoms with Crippen molar-refractivity contribution in [3.63, 3.8) is 0 Å². The number of methoxy groups -OCH3 is 2. The highest BCUT2D eigenvalue weighted by Crippen LogP contribution is 2.37. The van der Waals surface area contributed by atoms with Crippen LogP contribution in [-0.2, 0) is 20.9 Å². The molecule has 1 aliphatic rings. The van der Waals surface area contributed by atoms with Crippen LogP contribution < -0.4 is 4.74 Å². The summed E-state index contributed by atoms with van der Waals surface area (Å²) in [7, 11) is 3.26. The summed E-state index contributed by atoms with van der Waals surface area (Å²) in [6, 6.07) is 17.6. The smallest absolute Gasteiger partial charge is 0.331 e. The Balaban J connectivity index is 1.66. The Hall–Kier alpha value is -3.01. The van der Waals surface area contributed by atoms with E-state index in [1.54, 1.807) is 14.2 Å². The summed E-state index contributed by atoms with van der Waals surface area (Å²) in [5.41, 5.74) is 2.97. The van der Waals surface area contributed by atoms with Crippen LogP contribution >= 0.6 is 0 Å². The van der Waals surface area contributed by atoms with Crippen LogP contribution in [-0.4, -0.2) is 20.2 Å². The minimum Gasteiger partial charge on any atom is -0.497 e. The maximum Gasteiger partial charge on any atom is 0.331 e. The molecule has 2 aromatic carbocycles. The third-order valence-electron chi connectivity index (χ3n) is 4.39. The van der Waals surface area contributed by atoms with Crippen LogP contribution in [0.25, 0.3) is 0 Å². The molecule has 0 fully saturated rings. The van der Waals surface area contributed by atoms with Crippen LogP contribution in [0.3, 0.4) is 0 Å². The number of hydrogen-bond donors (Lipinski definition) is 0. The minimum absolute atomic E-state index is 0.170. The van der Waals surface area contributed by atoms with Crippen LogP contribution in [0.5, 0.6) is 5.75 Å². The van der Waals surface area contributed by atoms with E-state index >= 15 is 0 Å². The summed E-state index contributed by atoms with van der Waals surface area (Å²) >= 11 is 0. The summed E-state index contributed by atoms with van der Waals surface area (Å²) in [5, 5.41) is 0. The van der Waals surface area contributed by atoms with Gasteiger partial charge in [0.1, 0.15) is 18.1 Å². The van der Waals surface area contributed by atoms with E-state index in [1.807, 2.05) is 60.7 Å². The number of carbonyl (C=O) groups excluding carboxylic acids is 1. The lowest BCUT2D eigenvalue weighted by Gasteiger charge is -2.09. The predicted octanol–water partition coefficient (Wildman–Crippen LogP) is 4.38. The van der Waals surface area contributed by atoms with Crippen molar-refractivity contribution >= 4 is 5.97 Å². The first-order valence-electron chi connectivity index (χ1n) is 8.51. The molecule has 0 heterocycles. The molecule has 2 aromatic rings. The van der Waals surface area contributed by atoms with Gasteiger partial charge in [-0.25, -0.2) is 4.79 Å². The van der Waals surface area contributed by atoms with Crippen LogP contribution in [0, 0.1) is 0 Å². The molecule has 0 bridgehead atoms. The van der Waals surface area contributed by atoms with Gasteiger partial charge in [0.2, 0.25) is 0 Å². The van der Waals surface area contributed by atoms with Crippen LogP contribution in [0.4, 0.5) is 0 Å². The predicted molar refractivity (Wildman–Crippen MR) is 99.8 cm³/mol. The minimum atomic E-state index is -0.359. The summed E-state index contributed by atoms with van der Waals surface area (Å²) in [5.74, 6) is 1.36. The first-order chi connectivity index (χ1) is 12.7. The number of ether oxygens (including phenoxy) is 3. The second-order valence-electron chi connectivity index (χ2n) is 6.08. The lowest BCUT2D eigenvalue weighted by molar-refractivity contribution is -0.139. The second kappa shape index (κ2) is 8.39. The van der Waals surface area contributed by atoms with Crippen molar-refractivity contribution in [1.82, 2.24) is 0 Å². The second-order valence-corrected chi connectivity index (χ2v) is 6.08. The van der Waals surface area contributed by atoms with E-state index in [0.717, 1.165) is 28.2 Å². The number of hydrogen-bond acceptors (Lipinski definition) is 4. The van der Waals surface area contributed by atoms with Gasteiger partial charge in [-0.05, 0) is 35.8 Å². The molecule has 0 N–H and O–H groups in total. The Labute approximate surface area is 153 Å². The molecule has 0 saturated carbocycles. The molecule has 0 saturated heterocycles. The van der Waals surface area contributed by atoms with E-state index < -0.39 is 0 Å². The van der Waals surface area contributed by atoms with Gasteiger partial charge < -0.3 is 14.2 Å². The zero-order valence-corrected chi connectivity index (χ0v) is 15.0. The number of carbonyl (C=O) groups is 1. The molecule has 1 unspecified atom stereocenters. The average molecular weight is 350 g/mol. The van der Waals surface area contributed by atoms with Gasteiger partial charge in [0, 0.05) is 17.6 Å². The molecule has 1 aliphatic carbocycles. The summed E-state index contributed by atoms with van der Waals surface area (Å²) < 4.78 is 16.0. The standard InChI is InChI=1S/C22H22O4/c1-24-20-10-8-17(9-11-20)18-12-19(21(13-18)25-2)14-22(23)26-15-16-6-4-3-5-7-16/h3-11,13-14,18H,12,15H2,1-2H3/b19-14+. The summed E-state index contributed by atoms with van der Waals surface area (Å²) in [6.07, 6.45) is 4.27. The molecular formula is C22H22O4. The summed E-state index contributed by atoms with van der Waals surface area (Å²) in [4.78, 5) is 12.2. The first kappa shape index (κ1) is 17.8. The largest absolute Gasteiger partial charge is 0.497 e. The molecule has 0 spiro atoms. The highest BCUT2D eigenvalue weighted by molar-refractivity contribution is 5.84. The Bertz CT molecular complexity index is 804. The van der Waals surface area contributed by atoms with Gasteiger partial charge in [-0.3, -0.25) is 0 Å². The van der Waals surface area contributed by atoms with Crippen molar-refractivity contribution in [3.8, 4) is 5.75 Å². The third kappa shape index (κ3) is 4.33. The normalized spacial score (nSPS) is 17.7. The van der Waals surface area contributed by atoms with Gasteiger partial charge in [-0.1, -0.05) is 42.5 Å². The fraction of sp³-hybridized carbons (Fsp3) is 0.227. The molecule has 3 rings (SSSR count). The lowest BCUT2D eigenvalue weighted by atomic mass is 9.97. The number of benzene rings is 2. The quantitative estimate of drug-likeness (QED) is 0.573. The Morgan fingerprint density at radius 3 is 2.42 bits per heavy atom. The van der Waals surface area contributed by atoms with E-state index in [1.165, 1.54) is 6.08 Å². The Kier molecular flexibility index (Phi) is 5.74. The third-order valence-corrected chi connectivity index (χ3v) is 4.39. The highest BCUT2D eigenvalue weighted by Gasteiger charge is 2.24. The Morgan fingerprint density at radius 1 is 1.04 bits per heavy atom. The highest BCUT2D eigenvalue weighted by atomic mass is 16.5. The number of rotatable bonds is 6. The van der Waals surface area contributed by atoms with Crippen molar-refractivity contribution in [2.45, 2.75) is 18.9 Å². The van der Waals surface area contributed by atoms with Gasteiger partial charge >= 0.3 is 5.97 Å².